The molecular formula is C24H22Cl2N4O2. The van der Waals surface area contributed by atoms with E-state index in [-0.39, 0.29) is 18.4 Å². The number of halogens is 2. The lowest BCUT2D eigenvalue weighted by atomic mass is 9.98. The van der Waals surface area contributed by atoms with Crippen LogP contribution in [0.5, 0.6) is 0 Å². The summed E-state index contributed by atoms with van der Waals surface area (Å²) in [7, 11) is 0. The lowest BCUT2D eigenvalue weighted by molar-refractivity contribution is 0.103. The van der Waals surface area contributed by atoms with Crippen LogP contribution >= 0.6 is 23.2 Å². The van der Waals surface area contributed by atoms with Crippen molar-refractivity contribution in [2.45, 2.75) is 19.4 Å². The maximum Gasteiger partial charge on any atom is 0.194 e. The maximum atomic E-state index is 13.3. The van der Waals surface area contributed by atoms with Crippen molar-refractivity contribution in [3.63, 3.8) is 0 Å². The standard InChI is InChI=1S/C24H22Cl2N4O2/c1-15-5-7-20(30-14-19(9-10-31)28-29-30)13-22(15)24(32)21-8-6-18(12-23(21)26)27-17-4-2-3-16(25)11-17/h2-8,11-13,19,27,31H,9-10,14H2,1H3. The van der Waals surface area contributed by atoms with Gasteiger partial charge in [0.2, 0.25) is 0 Å². The molecule has 0 amide bonds. The summed E-state index contributed by atoms with van der Waals surface area (Å²) < 4.78 is 0. The van der Waals surface area contributed by atoms with Gasteiger partial charge in [0.15, 0.2) is 5.78 Å². The molecule has 1 heterocycles. The van der Waals surface area contributed by atoms with Crippen molar-refractivity contribution in [3.05, 3.63) is 87.4 Å². The van der Waals surface area contributed by atoms with E-state index in [9.17, 15) is 4.79 Å². The summed E-state index contributed by atoms with van der Waals surface area (Å²) in [5.41, 5.74) is 4.19. The van der Waals surface area contributed by atoms with E-state index >= 15 is 0 Å². The highest BCUT2D eigenvalue weighted by atomic mass is 35.5. The second-order valence-corrected chi connectivity index (χ2v) is 8.46. The number of benzene rings is 3. The lowest BCUT2D eigenvalue weighted by Crippen LogP contribution is -2.21. The minimum Gasteiger partial charge on any atom is -0.396 e. The van der Waals surface area contributed by atoms with Crippen LogP contribution in [-0.4, -0.2) is 30.1 Å². The third-order valence-electron chi connectivity index (χ3n) is 5.26. The Morgan fingerprint density at radius 3 is 2.66 bits per heavy atom. The number of aliphatic hydroxyl groups excluding tert-OH is 1. The van der Waals surface area contributed by atoms with E-state index in [4.69, 9.17) is 28.3 Å². The number of rotatable bonds is 7. The van der Waals surface area contributed by atoms with Crippen molar-refractivity contribution in [1.29, 1.82) is 0 Å². The predicted molar refractivity (Wildman–Crippen MR) is 128 cm³/mol. The molecule has 32 heavy (non-hydrogen) atoms. The summed E-state index contributed by atoms with van der Waals surface area (Å²) in [5.74, 6) is -0.160. The molecule has 0 bridgehead atoms. The molecule has 164 valence electrons. The minimum absolute atomic E-state index is 0.0468. The van der Waals surface area contributed by atoms with Gasteiger partial charge in [-0.25, -0.2) is 5.01 Å². The summed E-state index contributed by atoms with van der Waals surface area (Å²) in [6.45, 7) is 2.53. The van der Waals surface area contributed by atoms with Gasteiger partial charge in [-0.05, 0) is 67.4 Å². The molecule has 1 aliphatic heterocycles. The Balaban J connectivity index is 1.56. The first kappa shape index (κ1) is 22.3. The molecule has 1 aliphatic rings. The van der Waals surface area contributed by atoms with Crippen molar-refractivity contribution in [2.24, 2.45) is 10.3 Å². The van der Waals surface area contributed by atoms with Gasteiger partial charge in [-0.1, -0.05) is 40.6 Å². The number of hydrogen-bond donors (Lipinski definition) is 2. The van der Waals surface area contributed by atoms with E-state index in [0.717, 1.165) is 22.6 Å². The highest BCUT2D eigenvalue weighted by Crippen LogP contribution is 2.30. The van der Waals surface area contributed by atoms with Crippen LogP contribution in [0.15, 0.2) is 71.0 Å². The Bertz CT molecular complexity index is 1180. The molecule has 0 saturated heterocycles. The molecule has 0 fully saturated rings. The van der Waals surface area contributed by atoms with Gasteiger partial charge in [-0.15, -0.1) is 0 Å². The van der Waals surface area contributed by atoms with Gasteiger partial charge in [-0.3, -0.25) is 4.79 Å². The molecule has 6 nitrogen and oxygen atoms in total. The SMILES string of the molecule is Cc1ccc(N2CC(CCO)N=N2)cc1C(=O)c1ccc(Nc2cccc(Cl)c2)cc1Cl. The minimum atomic E-state index is -0.160. The smallest absolute Gasteiger partial charge is 0.194 e. The van der Waals surface area contributed by atoms with Crippen LogP contribution in [0.4, 0.5) is 17.1 Å². The Labute approximate surface area is 196 Å². The molecule has 1 unspecified atom stereocenters. The van der Waals surface area contributed by atoms with Crippen LogP contribution in [0.3, 0.4) is 0 Å². The number of carbonyl (C=O) groups excluding carboxylic acids is 1. The average Bonchev–Trinajstić information content (AvgIpc) is 3.23. The number of carbonyl (C=O) groups is 1. The van der Waals surface area contributed by atoms with E-state index in [1.807, 2.05) is 49.4 Å². The third-order valence-corrected chi connectivity index (χ3v) is 5.81. The Morgan fingerprint density at radius 2 is 1.91 bits per heavy atom. The number of aliphatic hydroxyl groups is 1. The number of ketones is 1. The average molecular weight is 469 g/mol. The molecule has 0 saturated carbocycles. The number of nitrogens with zero attached hydrogens (tertiary/aromatic N) is 3. The topological polar surface area (TPSA) is 77.3 Å². The largest absolute Gasteiger partial charge is 0.396 e. The van der Waals surface area contributed by atoms with Gasteiger partial charge >= 0.3 is 0 Å². The monoisotopic (exact) mass is 468 g/mol. The van der Waals surface area contributed by atoms with Gasteiger partial charge in [-0.2, -0.15) is 5.11 Å². The Kier molecular flexibility index (Phi) is 6.74. The fourth-order valence-corrected chi connectivity index (χ4v) is 3.99. The Morgan fingerprint density at radius 1 is 1.09 bits per heavy atom. The van der Waals surface area contributed by atoms with E-state index in [1.165, 1.54) is 0 Å². The lowest BCUT2D eigenvalue weighted by Gasteiger charge is -2.16. The zero-order valence-electron chi connectivity index (χ0n) is 17.4. The summed E-state index contributed by atoms with van der Waals surface area (Å²) in [5, 5.41) is 23.4. The van der Waals surface area contributed by atoms with E-state index < -0.39 is 0 Å². The molecular weight excluding hydrogens is 447 g/mol. The molecule has 0 aliphatic carbocycles. The number of nitrogens with one attached hydrogen (secondary N) is 1. The molecule has 3 aromatic rings. The first-order valence-corrected chi connectivity index (χ1v) is 11.0. The highest BCUT2D eigenvalue weighted by molar-refractivity contribution is 6.35. The normalized spacial score (nSPS) is 15.2. The number of hydrogen-bond acceptors (Lipinski definition) is 6. The van der Waals surface area contributed by atoms with Gasteiger partial charge in [0, 0.05) is 34.1 Å². The second kappa shape index (κ2) is 9.69. The Hall–Kier alpha value is -2.93. The summed E-state index contributed by atoms with van der Waals surface area (Å²) in [6.07, 6.45) is 0.558. The molecule has 0 spiro atoms. The fraction of sp³-hybridized carbons (Fsp3) is 0.208. The maximum absolute atomic E-state index is 13.3. The van der Waals surface area contributed by atoms with Crippen LogP contribution in [0, 0.1) is 6.92 Å². The van der Waals surface area contributed by atoms with Gasteiger partial charge < -0.3 is 10.4 Å². The quantitative estimate of drug-likeness (QED) is 0.403. The fourth-order valence-electron chi connectivity index (χ4n) is 3.53. The predicted octanol–water partition coefficient (Wildman–Crippen LogP) is 6.21. The highest BCUT2D eigenvalue weighted by Gasteiger charge is 2.22. The van der Waals surface area contributed by atoms with Crippen LogP contribution < -0.4 is 10.3 Å². The molecule has 3 aromatic carbocycles. The van der Waals surface area contributed by atoms with Crippen molar-refractivity contribution in [2.75, 3.05) is 23.5 Å². The second-order valence-electron chi connectivity index (χ2n) is 7.61. The molecule has 2 N–H and O–H groups in total. The zero-order chi connectivity index (χ0) is 22.7. The van der Waals surface area contributed by atoms with Gasteiger partial charge in [0.05, 0.1) is 23.3 Å². The summed E-state index contributed by atoms with van der Waals surface area (Å²) >= 11 is 12.5. The van der Waals surface area contributed by atoms with Gasteiger partial charge in [0.25, 0.3) is 0 Å². The van der Waals surface area contributed by atoms with Crippen LogP contribution in [-0.2, 0) is 0 Å². The number of anilines is 3. The van der Waals surface area contributed by atoms with Crippen molar-refractivity contribution in [1.82, 2.24) is 0 Å². The van der Waals surface area contributed by atoms with Gasteiger partial charge in [0.1, 0.15) is 0 Å². The van der Waals surface area contributed by atoms with Crippen molar-refractivity contribution in [3.8, 4) is 0 Å². The van der Waals surface area contributed by atoms with Crippen LogP contribution in [0.25, 0.3) is 0 Å². The van der Waals surface area contributed by atoms with E-state index in [0.29, 0.717) is 34.1 Å². The third kappa shape index (κ3) is 4.93. The van der Waals surface area contributed by atoms with E-state index in [1.54, 1.807) is 23.2 Å². The number of aryl methyl sites for hydroxylation is 1. The molecule has 8 heteroatoms. The molecule has 0 radical (unpaired) electrons. The van der Waals surface area contributed by atoms with E-state index in [2.05, 4.69) is 15.7 Å². The first-order valence-electron chi connectivity index (χ1n) is 10.2. The molecule has 4 rings (SSSR count). The summed E-state index contributed by atoms with van der Waals surface area (Å²) in [6, 6.07) is 18.2. The first-order chi connectivity index (χ1) is 15.4. The molecule has 0 aromatic heterocycles. The summed E-state index contributed by atoms with van der Waals surface area (Å²) in [4.78, 5) is 13.3. The van der Waals surface area contributed by atoms with Crippen LogP contribution in [0.1, 0.15) is 27.9 Å². The zero-order valence-corrected chi connectivity index (χ0v) is 18.9. The van der Waals surface area contributed by atoms with Crippen LogP contribution in [0.2, 0.25) is 10.0 Å². The molecule has 1 atom stereocenters. The van der Waals surface area contributed by atoms with Crippen molar-refractivity contribution >= 4 is 46.0 Å². The van der Waals surface area contributed by atoms with Crippen molar-refractivity contribution < 1.29 is 9.90 Å².